The van der Waals surface area contributed by atoms with Crippen LogP contribution < -0.4 is 11.1 Å². The van der Waals surface area contributed by atoms with Crippen LogP contribution in [0.5, 0.6) is 0 Å². The summed E-state index contributed by atoms with van der Waals surface area (Å²) in [7, 11) is 4.01. The summed E-state index contributed by atoms with van der Waals surface area (Å²) in [5, 5.41) is 3.03. The third-order valence-corrected chi connectivity index (χ3v) is 1.33. The lowest BCUT2D eigenvalue weighted by atomic mass is 10.3. The average molecular weight is 169 g/mol. The van der Waals surface area contributed by atoms with E-state index in [2.05, 4.69) is 17.3 Å². The number of nitrogens with two attached hydrogens (primary N) is 1. The Morgan fingerprint density at radius 3 is 2.67 bits per heavy atom. The van der Waals surface area contributed by atoms with Crippen molar-refractivity contribution in [1.82, 2.24) is 10.2 Å². The fourth-order valence-corrected chi connectivity index (χ4v) is 0.680. The molecule has 0 aliphatic rings. The molecule has 0 aromatic carbocycles. The van der Waals surface area contributed by atoms with Gasteiger partial charge in [-0.25, -0.2) is 0 Å². The van der Waals surface area contributed by atoms with Gasteiger partial charge in [-0.2, -0.15) is 0 Å². The molecule has 0 bridgehead atoms. The Kier molecular flexibility index (Phi) is 7.87. The minimum atomic E-state index is 0.771. The average Bonchev–Trinajstić information content (AvgIpc) is 2.02. The van der Waals surface area contributed by atoms with E-state index < -0.39 is 0 Å². The van der Waals surface area contributed by atoms with Crippen molar-refractivity contribution in [3.63, 3.8) is 0 Å². The van der Waals surface area contributed by atoms with Crippen molar-refractivity contribution in [3.8, 4) is 12.0 Å². The van der Waals surface area contributed by atoms with Gasteiger partial charge in [0.1, 0.15) is 0 Å². The predicted molar refractivity (Wildman–Crippen MR) is 52.6 cm³/mol. The molecule has 70 valence electrons. The van der Waals surface area contributed by atoms with Crippen LogP contribution in [0.1, 0.15) is 12.8 Å². The van der Waals surface area contributed by atoms with E-state index in [-0.39, 0.29) is 0 Å². The standard InChI is InChI=1S/C9H19N3/c1-12(2)9-5-8-11-7-4-3-6-10/h11H,3-4,6-7,9-10H2,1-2H3. The van der Waals surface area contributed by atoms with Gasteiger partial charge in [0.15, 0.2) is 0 Å². The normalized spacial score (nSPS) is 9.33. The molecule has 3 heteroatoms. The van der Waals surface area contributed by atoms with Gasteiger partial charge in [-0.15, -0.1) is 0 Å². The van der Waals surface area contributed by atoms with E-state index in [1.165, 1.54) is 0 Å². The highest BCUT2D eigenvalue weighted by Crippen LogP contribution is 1.80. The Hall–Kier alpha value is -0.720. The van der Waals surface area contributed by atoms with E-state index in [1.54, 1.807) is 0 Å². The predicted octanol–water partition coefficient (Wildman–Crippen LogP) is -0.163. The number of hydrogen-bond donors (Lipinski definition) is 2. The first kappa shape index (κ1) is 11.3. The summed E-state index contributed by atoms with van der Waals surface area (Å²) >= 11 is 0. The van der Waals surface area contributed by atoms with Gasteiger partial charge in [-0.05, 0) is 33.5 Å². The minimum Gasteiger partial charge on any atom is -0.346 e. The number of unbranched alkanes of at least 4 members (excludes halogenated alkanes) is 1. The molecule has 0 radical (unpaired) electrons. The Balaban J connectivity index is 3.10. The van der Waals surface area contributed by atoms with Crippen LogP contribution in [0.25, 0.3) is 0 Å². The summed E-state index contributed by atoms with van der Waals surface area (Å²) < 4.78 is 0. The molecule has 0 fully saturated rings. The number of rotatable bonds is 5. The third-order valence-electron chi connectivity index (χ3n) is 1.33. The van der Waals surface area contributed by atoms with Gasteiger partial charge in [-0.3, -0.25) is 4.90 Å². The molecule has 3 nitrogen and oxygen atoms in total. The van der Waals surface area contributed by atoms with Gasteiger partial charge in [0.25, 0.3) is 0 Å². The van der Waals surface area contributed by atoms with Crippen molar-refractivity contribution in [2.45, 2.75) is 12.8 Å². The monoisotopic (exact) mass is 169 g/mol. The summed E-state index contributed by atoms with van der Waals surface area (Å²) in [6.45, 7) is 2.52. The van der Waals surface area contributed by atoms with Gasteiger partial charge >= 0.3 is 0 Å². The smallest absolute Gasteiger partial charge is 0.0615 e. The maximum absolute atomic E-state index is 5.34. The first-order chi connectivity index (χ1) is 5.77. The molecule has 0 aromatic heterocycles. The van der Waals surface area contributed by atoms with Crippen LogP contribution in [0.3, 0.4) is 0 Å². The molecule has 0 atom stereocenters. The van der Waals surface area contributed by atoms with Crippen molar-refractivity contribution >= 4 is 0 Å². The Bertz CT molecular complexity index is 144. The van der Waals surface area contributed by atoms with Gasteiger partial charge < -0.3 is 11.1 Å². The number of hydrogen-bond acceptors (Lipinski definition) is 3. The molecule has 0 saturated carbocycles. The van der Waals surface area contributed by atoms with Crippen LogP contribution in [-0.2, 0) is 0 Å². The molecule has 0 spiro atoms. The summed E-state index contributed by atoms with van der Waals surface area (Å²) in [5.74, 6) is 3.00. The van der Waals surface area contributed by atoms with Crippen molar-refractivity contribution in [2.75, 3.05) is 33.7 Å². The molecule has 0 unspecified atom stereocenters. The Morgan fingerprint density at radius 2 is 2.08 bits per heavy atom. The second-order valence-corrected chi connectivity index (χ2v) is 2.96. The Labute approximate surface area is 75.3 Å². The van der Waals surface area contributed by atoms with E-state index in [4.69, 9.17) is 5.73 Å². The highest BCUT2D eigenvalue weighted by atomic mass is 15.0. The molecule has 0 rings (SSSR count). The van der Waals surface area contributed by atoms with Crippen molar-refractivity contribution in [3.05, 3.63) is 0 Å². The zero-order chi connectivity index (χ0) is 9.23. The molecule has 0 saturated heterocycles. The van der Waals surface area contributed by atoms with Gasteiger partial charge in [0.2, 0.25) is 0 Å². The van der Waals surface area contributed by atoms with E-state index >= 15 is 0 Å². The van der Waals surface area contributed by atoms with E-state index in [9.17, 15) is 0 Å². The van der Waals surface area contributed by atoms with E-state index in [1.807, 2.05) is 19.0 Å². The van der Waals surface area contributed by atoms with Crippen LogP contribution >= 0.6 is 0 Å². The zero-order valence-corrected chi connectivity index (χ0v) is 8.06. The SMILES string of the molecule is CN(C)CC#CNCCCCN. The lowest BCUT2D eigenvalue weighted by Crippen LogP contribution is -2.13. The molecule has 12 heavy (non-hydrogen) atoms. The number of nitrogens with zero attached hydrogens (tertiary/aromatic N) is 1. The van der Waals surface area contributed by atoms with Crippen LogP contribution in [0.2, 0.25) is 0 Å². The highest BCUT2D eigenvalue weighted by Gasteiger charge is 1.82. The van der Waals surface area contributed by atoms with Crippen LogP contribution in [0, 0.1) is 12.0 Å². The third kappa shape index (κ3) is 9.28. The largest absolute Gasteiger partial charge is 0.346 e. The summed E-state index contributed by atoms with van der Waals surface area (Å²) in [6.07, 6.45) is 2.18. The zero-order valence-electron chi connectivity index (χ0n) is 8.06. The van der Waals surface area contributed by atoms with Gasteiger partial charge in [0.05, 0.1) is 6.54 Å². The van der Waals surface area contributed by atoms with Crippen LogP contribution in [0.4, 0.5) is 0 Å². The fraction of sp³-hybridized carbons (Fsp3) is 0.778. The molecule has 0 aliphatic heterocycles. The summed E-state index contributed by atoms with van der Waals surface area (Å²) in [4.78, 5) is 2.04. The first-order valence-electron chi connectivity index (χ1n) is 4.33. The molecule has 0 amide bonds. The fourth-order valence-electron chi connectivity index (χ4n) is 0.680. The van der Waals surface area contributed by atoms with Crippen molar-refractivity contribution < 1.29 is 0 Å². The molecule has 3 N–H and O–H groups in total. The Morgan fingerprint density at radius 1 is 1.33 bits per heavy atom. The van der Waals surface area contributed by atoms with E-state index in [0.717, 1.165) is 32.5 Å². The van der Waals surface area contributed by atoms with Gasteiger partial charge in [0, 0.05) is 12.6 Å². The van der Waals surface area contributed by atoms with Gasteiger partial charge in [-0.1, -0.05) is 5.92 Å². The van der Waals surface area contributed by atoms with E-state index in [0.29, 0.717) is 0 Å². The molecule has 0 aromatic rings. The lowest BCUT2D eigenvalue weighted by Gasteiger charge is -2.01. The maximum Gasteiger partial charge on any atom is 0.0615 e. The molecule has 0 aliphatic carbocycles. The quantitative estimate of drug-likeness (QED) is 0.341. The second-order valence-electron chi connectivity index (χ2n) is 2.96. The number of nitrogens with one attached hydrogen (secondary N) is 1. The lowest BCUT2D eigenvalue weighted by molar-refractivity contribution is 0.463. The summed E-state index contributed by atoms with van der Waals surface area (Å²) in [6, 6.07) is 2.89. The highest BCUT2D eigenvalue weighted by molar-refractivity contribution is 4.98. The molecule has 0 heterocycles. The van der Waals surface area contributed by atoms with Crippen LogP contribution in [0.15, 0.2) is 0 Å². The maximum atomic E-state index is 5.34. The molecular weight excluding hydrogens is 150 g/mol. The summed E-state index contributed by atoms with van der Waals surface area (Å²) in [5.41, 5.74) is 5.34. The minimum absolute atomic E-state index is 0.771. The van der Waals surface area contributed by atoms with Crippen molar-refractivity contribution in [1.29, 1.82) is 0 Å². The first-order valence-corrected chi connectivity index (χ1v) is 4.33. The topological polar surface area (TPSA) is 41.3 Å². The van der Waals surface area contributed by atoms with Crippen molar-refractivity contribution in [2.24, 2.45) is 5.73 Å². The van der Waals surface area contributed by atoms with Crippen LogP contribution in [-0.4, -0.2) is 38.6 Å². The second kappa shape index (κ2) is 8.38. The molecular formula is C9H19N3.